The molecule has 0 radical (unpaired) electrons. The smallest absolute Gasteiger partial charge is 0.193 e. The fourth-order valence-electron chi connectivity index (χ4n) is 2.10. The molecule has 1 aromatic heterocycles. The first-order chi connectivity index (χ1) is 11.5. The average molecular weight is 515 g/mol. The molecule has 0 spiro atoms. The maximum atomic E-state index is 6.09. The van der Waals surface area contributed by atoms with Gasteiger partial charge in [-0.15, -0.1) is 35.3 Å². The minimum absolute atomic E-state index is 0. The molecule has 0 aliphatic rings. The molecule has 2 rings (SSSR count). The van der Waals surface area contributed by atoms with E-state index in [0.29, 0.717) is 35.5 Å². The molecule has 0 fully saturated rings. The van der Waals surface area contributed by atoms with Gasteiger partial charge in [0.2, 0.25) is 0 Å². The predicted octanol–water partition coefficient (Wildman–Crippen LogP) is 4.46. The Hall–Kier alpha value is -0.770. The highest BCUT2D eigenvalue weighted by atomic mass is 127. The minimum atomic E-state index is 0. The monoisotopic (exact) mass is 514 g/mol. The number of aryl methyl sites for hydroxylation is 1. The summed E-state index contributed by atoms with van der Waals surface area (Å²) in [6.45, 7) is 3.74. The standard InChI is InChI=1S/C16H20Cl2N4OS.HI/c1-11-21-12(10-24-11)9-22(3)16(19-2)20-7-8-23-14-6-4-5-13(17)15(14)18;/h4-6,10H,7-9H2,1-3H3,(H,19,20);1H. The fourth-order valence-corrected chi connectivity index (χ4v) is 3.05. The van der Waals surface area contributed by atoms with E-state index < -0.39 is 0 Å². The molecule has 0 aliphatic heterocycles. The summed E-state index contributed by atoms with van der Waals surface area (Å²) in [5, 5.41) is 7.29. The summed E-state index contributed by atoms with van der Waals surface area (Å²) in [7, 11) is 3.72. The van der Waals surface area contributed by atoms with Gasteiger partial charge in [-0.25, -0.2) is 4.98 Å². The van der Waals surface area contributed by atoms with Gasteiger partial charge in [0, 0.05) is 19.5 Å². The number of aromatic nitrogens is 1. The van der Waals surface area contributed by atoms with E-state index in [-0.39, 0.29) is 24.0 Å². The summed E-state index contributed by atoms with van der Waals surface area (Å²) < 4.78 is 5.65. The van der Waals surface area contributed by atoms with Crippen LogP contribution in [0.25, 0.3) is 0 Å². The number of guanidine groups is 1. The van der Waals surface area contributed by atoms with Crippen LogP contribution in [0.5, 0.6) is 5.75 Å². The lowest BCUT2D eigenvalue weighted by Crippen LogP contribution is -2.40. The van der Waals surface area contributed by atoms with Gasteiger partial charge in [0.25, 0.3) is 0 Å². The number of hydrogen-bond acceptors (Lipinski definition) is 4. The van der Waals surface area contributed by atoms with Gasteiger partial charge >= 0.3 is 0 Å². The van der Waals surface area contributed by atoms with Crippen LogP contribution in [0.4, 0.5) is 0 Å². The van der Waals surface area contributed by atoms with E-state index in [1.54, 1.807) is 36.6 Å². The van der Waals surface area contributed by atoms with Crippen LogP contribution < -0.4 is 10.1 Å². The molecule has 138 valence electrons. The number of nitrogens with zero attached hydrogens (tertiary/aromatic N) is 3. The average Bonchev–Trinajstić information content (AvgIpc) is 2.96. The second-order valence-corrected chi connectivity index (χ2v) is 6.94. The van der Waals surface area contributed by atoms with Gasteiger partial charge in [0.05, 0.1) is 28.8 Å². The zero-order valence-electron chi connectivity index (χ0n) is 14.3. The Labute approximate surface area is 179 Å². The third-order valence-electron chi connectivity index (χ3n) is 3.20. The zero-order valence-corrected chi connectivity index (χ0v) is 18.9. The molecule has 9 heteroatoms. The fraction of sp³-hybridized carbons (Fsp3) is 0.375. The minimum Gasteiger partial charge on any atom is -0.490 e. The topological polar surface area (TPSA) is 49.8 Å². The second kappa shape index (κ2) is 11.1. The molecule has 1 heterocycles. The summed E-state index contributed by atoms with van der Waals surface area (Å²) in [5.74, 6) is 1.36. The Kier molecular flexibility index (Phi) is 9.84. The Morgan fingerprint density at radius 2 is 2.16 bits per heavy atom. The molecular weight excluding hydrogens is 494 g/mol. The van der Waals surface area contributed by atoms with Gasteiger partial charge < -0.3 is 15.0 Å². The normalized spacial score (nSPS) is 11.0. The Morgan fingerprint density at radius 3 is 2.80 bits per heavy atom. The van der Waals surface area contributed by atoms with Crippen LogP contribution >= 0.6 is 58.5 Å². The number of hydrogen-bond donors (Lipinski definition) is 1. The number of nitrogens with one attached hydrogen (secondary N) is 1. The summed E-state index contributed by atoms with van der Waals surface area (Å²) in [5.41, 5.74) is 1.03. The van der Waals surface area contributed by atoms with Crippen molar-refractivity contribution < 1.29 is 4.74 Å². The first kappa shape index (κ1) is 22.3. The Bertz CT molecular complexity index is 711. The molecule has 0 saturated carbocycles. The number of benzene rings is 1. The first-order valence-electron chi connectivity index (χ1n) is 7.41. The van der Waals surface area contributed by atoms with Crippen LogP contribution in [0.2, 0.25) is 10.0 Å². The third kappa shape index (κ3) is 6.80. The molecule has 1 aromatic carbocycles. The van der Waals surface area contributed by atoms with Gasteiger partial charge in [-0.05, 0) is 19.1 Å². The van der Waals surface area contributed by atoms with E-state index in [1.165, 1.54) is 0 Å². The van der Waals surface area contributed by atoms with E-state index in [9.17, 15) is 0 Å². The molecule has 0 bridgehead atoms. The molecule has 5 nitrogen and oxygen atoms in total. The molecule has 0 atom stereocenters. The molecule has 0 amide bonds. The highest BCUT2D eigenvalue weighted by molar-refractivity contribution is 14.0. The summed E-state index contributed by atoms with van der Waals surface area (Å²) in [6.07, 6.45) is 0. The summed E-state index contributed by atoms with van der Waals surface area (Å²) >= 11 is 13.7. The van der Waals surface area contributed by atoms with E-state index in [0.717, 1.165) is 16.7 Å². The van der Waals surface area contributed by atoms with Crippen LogP contribution in [-0.4, -0.2) is 43.1 Å². The van der Waals surface area contributed by atoms with Crippen molar-refractivity contribution in [3.8, 4) is 5.75 Å². The summed E-state index contributed by atoms with van der Waals surface area (Å²) in [4.78, 5) is 10.7. The molecule has 25 heavy (non-hydrogen) atoms. The lowest BCUT2D eigenvalue weighted by molar-refractivity contribution is 0.319. The van der Waals surface area contributed by atoms with Crippen molar-refractivity contribution >= 4 is 64.5 Å². The van der Waals surface area contributed by atoms with Crippen LogP contribution in [0.3, 0.4) is 0 Å². The molecule has 1 N–H and O–H groups in total. The highest BCUT2D eigenvalue weighted by Crippen LogP contribution is 2.31. The van der Waals surface area contributed by atoms with Crippen molar-refractivity contribution in [1.82, 2.24) is 15.2 Å². The van der Waals surface area contributed by atoms with E-state index in [2.05, 4.69) is 20.7 Å². The zero-order chi connectivity index (χ0) is 17.5. The predicted molar refractivity (Wildman–Crippen MR) is 117 cm³/mol. The van der Waals surface area contributed by atoms with Gasteiger partial charge in [0.15, 0.2) is 5.96 Å². The maximum absolute atomic E-state index is 6.09. The van der Waals surface area contributed by atoms with Crippen molar-refractivity contribution in [2.45, 2.75) is 13.5 Å². The van der Waals surface area contributed by atoms with E-state index in [1.807, 2.05) is 18.9 Å². The van der Waals surface area contributed by atoms with Gasteiger partial charge in [-0.1, -0.05) is 29.3 Å². The van der Waals surface area contributed by atoms with E-state index in [4.69, 9.17) is 27.9 Å². The first-order valence-corrected chi connectivity index (χ1v) is 9.04. The Morgan fingerprint density at radius 1 is 1.40 bits per heavy atom. The lowest BCUT2D eigenvalue weighted by atomic mass is 10.3. The van der Waals surface area contributed by atoms with Crippen LogP contribution in [-0.2, 0) is 6.54 Å². The van der Waals surface area contributed by atoms with E-state index >= 15 is 0 Å². The number of aliphatic imine (C=N–C) groups is 1. The molecular formula is C16H21Cl2IN4OS. The van der Waals surface area contributed by atoms with Crippen molar-refractivity contribution in [3.63, 3.8) is 0 Å². The third-order valence-corrected chi connectivity index (χ3v) is 4.82. The largest absolute Gasteiger partial charge is 0.490 e. The lowest BCUT2D eigenvalue weighted by Gasteiger charge is -2.21. The van der Waals surface area contributed by atoms with Gasteiger partial charge in [0.1, 0.15) is 17.4 Å². The van der Waals surface area contributed by atoms with Gasteiger partial charge in [-0.3, -0.25) is 4.99 Å². The summed E-state index contributed by atoms with van der Waals surface area (Å²) in [6, 6.07) is 5.32. The number of ether oxygens (including phenoxy) is 1. The van der Waals surface area contributed by atoms with Crippen molar-refractivity contribution in [2.24, 2.45) is 4.99 Å². The highest BCUT2D eigenvalue weighted by Gasteiger charge is 2.09. The Balaban J connectivity index is 0.00000312. The van der Waals surface area contributed by atoms with Gasteiger partial charge in [-0.2, -0.15) is 0 Å². The molecule has 0 aliphatic carbocycles. The number of thiazole rings is 1. The maximum Gasteiger partial charge on any atom is 0.193 e. The van der Waals surface area contributed by atoms with Crippen molar-refractivity contribution in [2.75, 3.05) is 27.2 Å². The number of rotatable bonds is 6. The van der Waals surface area contributed by atoms with Crippen LogP contribution in [0.15, 0.2) is 28.6 Å². The molecule has 2 aromatic rings. The van der Waals surface area contributed by atoms with Crippen molar-refractivity contribution in [1.29, 1.82) is 0 Å². The number of halogens is 3. The quantitative estimate of drug-likeness (QED) is 0.267. The van der Waals surface area contributed by atoms with Crippen LogP contribution in [0, 0.1) is 6.92 Å². The van der Waals surface area contributed by atoms with Crippen molar-refractivity contribution in [3.05, 3.63) is 44.3 Å². The molecule has 0 unspecified atom stereocenters. The SMILES string of the molecule is CN=C(NCCOc1cccc(Cl)c1Cl)N(C)Cc1csc(C)n1.I. The second-order valence-electron chi connectivity index (χ2n) is 5.09. The van der Waals surface area contributed by atoms with Crippen LogP contribution in [0.1, 0.15) is 10.7 Å². The molecule has 0 saturated heterocycles.